The van der Waals surface area contributed by atoms with E-state index < -0.39 is 0 Å². The molecule has 4 nitrogen and oxygen atoms in total. The molecule has 1 amide bonds. The molecular formula is C16H19ClFN3O. The lowest BCUT2D eigenvalue weighted by Gasteiger charge is -2.06. The summed E-state index contributed by atoms with van der Waals surface area (Å²) in [6.45, 7) is 4.86. The fraction of sp³-hybridized carbons (Fsp3) is 0.375. The first-order valence-corrected chi connectivity index (χ1v) is 7.66. The Morgan fingerprint density at radius 3 is 2.68 bits per heavy atom. The molecule has 0 unspecified atom stereocenters. The van der Waals surface area contributed by atoms with Crippen molar-refractivity contribution in [3.8, 4) is 0 Å². The summed E-state index contributed by atoms with van der Waals surface area (Å²) in [6, 6.07) is 5.99. The van der Waals surface area contributed by atoms with E-state index in [1.165, 1.54) is 12.1 Å². The number of nitrogens with one attached hydrogen (secondary N) is 1. The van der Waals surface area contributed by atoms with Crippen molar-refractivity contribution in [1.82, 2.24) is 15.1 Å². The molecule has 6 heteroatoms. The Hall–Kier alpha value is -1.88. The van der Waals surface area contributed by atoms with E-state index in [-0.39, 0.29) is 11.7 Å². The molecule has 2 aromatic rings. The molecule has 0 saturated heterocycles. The summed E-state index contributed by atoms with van der Waals surface area (Å²) in [6.07, 6.45) is 1.98. The third kappa shape index (κ3) is 3.85. The maximum absolute atomic E-state index is 12.8. The van der Waals surface area contributed by atoms with E-state index in [2.05, 4.69) is 17.3 Å². The summed E-state index contributed by atoms with van der Waals surface area (Å²) in [5, 5.41) is 7.46. The largest absolute Gasteiger partial charge is 0.348 e. The van der Waals surface area contributed by atoms with Gasteiger partial charge in [0.05, 0.1) is 11.3 Å². The summed E-state index contributed by atoms with van der Waals surface area (Å²) in [4.78, 5) is 12.3. The molecule has 0 aliphatic heterocycles. The summed E-state index contributed by atoms with van der Waals surface area (Å²) in [7, 11) is 0. The summed E-state index contributed by atoms with van der Waals surface area (Å²) in [5.74, 6) is -0.569. The van der Waals surface area contributed by atoms with E-state index >= 15 is 0 Å². The van der Waals surface area contributed by atoms with Gasteiger partial charge in [-0.15, -0.1) is 0 Å². The number of carbonyl (C=O) groups excluding carboxylic acids is 1. The fourth-order valence-electron chi connectivity index (χ4n) is 2.14. The first-order valence-electron chi connectivity index (χ1n) is 7.28. The van der Waals surface area contributed by atoms with Crippen LogP contribution in [-0.4, -0.2) is 15.7 Å². The zero-order chi connectivity index (χ0) is 16.1. The molecule has 1 heterocycles. The van der Waals surface area contributed by atoms with Crippen LogP contribution in [0.4, 0.5) is 4.39 Å². The zero-order valence-corrected chi connectivity index (χ0v) is 13.5. The molecule has 0 radical (unpaired) electrons. The molecule has 118 valence electrons. The molecule has 1 aromatic carbocycles. The lowest BCUT2D eigenvalue weighted by atomic mass is 10.2. The van der Waals surface area contributed by atoms with Crippen LogP contribution in [0.3, 0.4) is 0 Å². The molecule has 0 aliphatic rings. The van der Waals surface area contributed by atoms with Crippen LogP contribution in [0.25, 0.3) is 0 Å². The van der Waals surface area contributed by atoms with Crippen LogP contribution in [0.2, 0.25) is 5.15 Å². The van der Waals surface area contributed by atoms with E-state index in [1.54, 1.807) is 23.7 Å². The van der Waals surface area contributed by atoms with Crippen molar-refractivity contribution in [2.45, 2.75) is 39.8 Å². The number of unbranched alkanes of at least 4 members (excludes halogenated alkanes) is 1. The van der Waals surface area contributed by atoms with Crippen LogP contribution in [0.1, 0.15) is 41.4 Å². The third-order valence-corrected chi connectivity index (χ3v) is 3.77. The van der Waals surface area contributed by atoms with Gasteiger partial charge in [-0.1, -0.05) is 37.1 Å². The van der Waals surface area contributed by atoms with Crippen molar-refractivity contribution in [2.24, 2.45) is 0 Å². The van der Waals surface area contributed by atoms with Crippen LogP contribution >= 0.6 is 11.6 Å². The van der Waals surface area contributed by atoms with E-state index in [0.717, 1.165) is 18.4 Å². The molecule has 1 aromatic heterocycles. The van der Waals surface area contributed by atoms with Crippen molar-refractivity contribution in [1.29, 1.82) is 0 Å². The molecular weight excluding hydrogens is 305 g/mol. The van der Waals surface area contributed by atoms with Crippen LogP contribution in [0.5, 0.6) is 0 Å². The zero-order valence-electron chi connectivity index (χ0n) is 12.7. The fourth-order valence-corrected chi connectivity index (χ4v) is 2.49. The highest BCUT2D eigenvalue weighted by Gasteiger charge is 2.19. The number of benzene rings is 1. The number of nitrogens with zero attached hydrogens (tertiary/aromatic N) is 2. The third-order valence-electron chi connectivity index (χ3n) is 3.38. The highest BCUT2D eigenvalue weighted by Crippen LogP contribution is 2.20. The summed E-state index contributed by atoms with van der Waals surface area (Å²) < 4.78 is 14.5. The minimum atomic E-state index is -0.300. The Kier molecular flexibility index (Phi) is 5.55. The SMILES string of the molecule is CCCCn1nc(C)c(C(=O)NCc2ccc(F)cc2)c1Cl. The molecule has 0 atom stereocenters. The number of aryl methyl sites for hydroxylation is 2. The van der Waals surface area contributed by atoms with Crippen LogP contribution in [-0.2, 0) is 13.1 Å². The second-order valence-electron chi connectivity index (χ2n) is 5.14. The molecule has 0 spiro atoms. The molecule has 22 heavy (non-hydrogen) atoms. The Labute approximate surface area is 134 Å². The lowest BCUT2D eigenvalue weighted by molar-refractivity contribution is 0.0950. The predicted molar refractivity (Wildman–Crippen MR) is 84.5 cm³/mol. The Bertz CT molecular complexity index is 652. The summed E-state index contributed by atoms with van der Waals surface area (Å²) in [5.41, 5.74) is 1.83. The highest BCUT2D eigenvalue weighted by atomic mass is 35.5. The molecule has 0 fully saturated rings. The maximum atomic E-state index is 12.8. The second-order valence-corrected chi connectivity index (χ2v) is 5.50. The standard InChI is InChI=1S/C16H19ClFN3O/c1-3-4-9-21-15(17)14(11(2)20-21)16(22)19-10-12-5-7-13(18)8-6-12/h5-8H,3-4,9-10H2,1-2H3,(H,19,22). The van der Waals surface area contributed by atoms with Gasteiger partial charge in [-0.3, -0.25) is 9.48 Å². The molecule has 2 rings (SSSR count). The number of hydrogen-bond donors (Lipinski definition) is 1. The van der Waals surface area contributed by atoms with Crippen molar-refractivity contribution >= 4 is 17.5 Å². The van der Waals surface area contributed by atoms with Crippen LogP contribution in [0, 0.1) is 12.7 Å². The quantitative estimate of drug-likeness (QED) is 0.880. The van der Waals surface area contributed by atoms with E-state index in [0.29, 0.717) is 29.5 Å². The number of hydrogen-bond acceptors (Lipinski definition) is 2. The number of halogens is 2. The second kappa shape index (κ2) is 7.40. The van der Waals surface area contributed by atoms with Gasteiger partial charge in [-0.05, 0) is 31.0 Å². The normalized spacial score (nSPS) is 10.7. The lowest BCUT2D eigenvalue weighted by Crippen LogP contribution is -2.23. The van der Waals surface area contributed by atoms with Gasteiger partial charge in [0, 0.05) is 13.1 Å². The Morgan fingerprint density at radius 2 is 2.05 bits per heavy atom. The monoisotopic (exact) mass is 323 g/mol. The van der Waals surface area contributed by atoms with Crippen LogP contribution in [0.15, 0.2) is 24.3 Å². The van der Waals surface area contributed by atoms with Crippen LogP contribution < -0.4 is 5.32 Å². The number of aromatic nitrogens is 2. The Balaban J connectivity index is 2.06. The van der Waals surface area contributed by atoms with Crippen molar-refractivity contribution in [3.63, 3.8) is 0 Å². The predicted octanol–water partition coefficient (Wildman–Crippen LogP) is 3.71. The average Bonchev–Trinajstić information content (AvgIpc) is 2.78. The number of carbonyl (C=O) groups is 1. The van der Waals surface area contributed by atoms with Gasteiger partial charge in [-0.25, -0.2) is 4.39 Å². The molecule has 0 bridgehead atoms. The minimum absolute atomic E-state index is 0.269. The van der Waals surface area contributed by atoms with E-state index in [1.807, 2.05) is 0 Å². The van der Waals surface area contributed by atoms with Gasteiger partial charge in [0.2, 0.25) is 0 Å². The van der Waals surface area contributed by atoms with Crippen molar-refractivity contribution in [2.75, 3.05) is 0 Å². The first-order chi connectivity index (χ1) is 10.5. The van der Waals surface area contributed by atoms with Gasteiger partial charge >= 0.3 is 0 Å². The summed E-state index contributed by atoms with van der Waals surface area (Å²) >= 11 is 6.25. The molecule has 1 N–H and O–H groups in total. The molecule has 0 aliphatic carbocycles. The molecule has 0 saturated carbocycles. The van der Waals surface area contributed by atoms with E-state index in [4.69, 9.17) is 11.6 Å². The van der Waals surface area contributed by atoms with Gasteiger partial charge in [0.15, 0.2) is 0 Å². The number of amides is 1. The van der Waals surface area contributed by atoms with Gasteiger partial charge in [-0.2, -0.15) is 5.10 Å². The van der Waals surface area contributed by atoms with Gasteiger partial charge in [0.25, 0.3) is 5.91 Å². The van der Waals surface area contributed by atoms with E-state index in [9.17, 15) is 9.18 Å². The van der Waals surface area contributed by atoms with Crippen molar-refractivity contribution < 1.29 is 9.18 Å². The average molecular weight is 324 g/mol. The topological polar surface area (TPSA) is 46.9 Å². The Morgan fingerprint density at radius 1 is 1.36 bits per heavy atom. The highest BCUT2D eigenvalue weighted by molar-refractivity contribution is 6.33. The minimum Gasteiger partial charge on any atom is -0.348 e. The smallest absolute Gasteiger partial charge is 0.256 e. The maximum Gasteiger partial charge on any atom is 0.256 e. The first kappa shape index (κ1) is 16.5. The van der Waals surface area contributed by atoms with Gasteiger partial charge in [0.1, 0.15) is 11.0 Å². The number of rotatable bonds is 6. The van der Waals surface area contributed by atoms with Crippen molar-refractivity contribution in [3.05, 3.63) is 52.1 Å². The van der Waals surface area contributed by atoms with Gasteiger partial charge < -0.3 is 5.32 Å².